The van der Waals surface area contributed by atoms with Gasteiger partial charge in [-0.15, -0.1) is 0 Å². The van der Waals surface area contributed by atoms with Gasteiger partial charge in [0.05, 0.1) is 11.3 Å². The van der Waals surface area contributed by atoms with Crippen molar-refractivity contribution in [3.8, 4) is 11.1 Å². The van der Waals surface area contributed by atoms with Gasteiger partial charge in [-0.2, -0.15) is 0 Å². The van der Waals surface area contributed by atoms with E-state index in [0.29, 0.717) is 12.1 Å². The lowest BCUT2D eigenvalue weighted by atomic mass is 10.1. The van der Waals surface area contributed by atoms with Crippen LogP contribution in [0, 0.1) is 17.5 Å². The van der Waals surface area contributed by atoms with Crippen LogP contribution >= 0.6 is 15.9 Å². The molecule has 0 radical (unpaired) electrons. The molecule has 0 aliphatic carbocycles. The number of benzene rings is 1. The van der Waals surface area contributed by atoms with Crippen molar-refractivity contribution < 1.29 is 21.6 Å². The van der Waals surface area contributed by atoms with E-state index in [1.807, 2.05) is 0 Å². The Morgan fingerprint density at radius 2 is 1.71 bits per heavy atom. The lowest BCUT2D eigenvalue weighted by Crippen LogP contribution is -2.06. The molecule has 0 atom stereocenters. The summed E-state index contributed by atoms with van der Waals surface area (Å²) in [5.41, 5.74) is -0.607. The molecule has 1 aromatic heterocycles. The van der Waals surface area contributed by atoms with Crippen LogP contribution in [0.2, 0.25) is 0 Å². The third kappa shape index (κ3) is 3.11. The maximum Gasteiger partial charge on any atom is 0.180 e. The average Bonchev–Trinajstić information content (AvgIpc) is 2.39. The van der Waals surface area contributed by atoms with Gasteiger partial charge in [0.15, 0.2) is 9.84 Å². The molecule has 2 rings (SSSR count). The van der Waals surface area contributed by atoms with Crippen LogP contribution in [0.5, 0.6) is 0 Å². The van der Waals surface area contributed by atoms with E-state index < -0.39 is 32.9 Å². The van der Waals surface area contributed by atoms with Gasteiger partial charge in [0, 0.05) is 23.9 Å². The summed E-state index contributed by atoms with van der Waals surface area (Å²) in [5, 5.41) is 0. The minimum absolute atomic E-state index is 0.0519. The molecule has 0 spiro atoms. The van der Waals surface area contributed by atoms with Gasteiger partial charge in [-0.1, -0.05) is 6.92 Å². The number of nitrogens with zero attached hydrogens (tertiary/aromatic N) is 1. The van der Waals surface area contributed by atoms with Crippen LogP contribution in [0.25, 0.3) is 11.1 Å². The molecule has 0 amide bonds. The van der Waals surface area contributed by atoms with E-state index in [-0.39, 0.29) is 20.8 Å². The molecular formula is C13H9BrF3NO2S. The van der Waals surface area contributed by atoms with Crippen molar-refractivity contribution in [1.82, 2.24) is 4.98 Å². The van der Waals surface area contributed by atoms with Crippen LogP contribution in [0.1, 0.15) is 6.92 Å². The highest BCUT2D eigenvalue weighted by Crippen LogP contribution is 2.31. The minimum atomic E-state index is -3.62. The first-order valence-electron chi connectivity index (χ1n) is 5.79. The van der Waals surface area contributed by atoms with Gasteiger partial charge in [-0.05, 0) is 22.0 Å². The molecule has 21 heavy (non-hydrogen) atoms. The number of rotatable bonds is 3. The van der Waals surface area contributed by atoms with Crippen molar-refractivity contribution in [2.75, 3.05) is 5.75 Å². The van der Waals surface area contributed by atoms with Gasteiger partial charge in [0.25, 0.3) is 0 Å². The molecule has 0 unspecified atom stereocenters. The molecule has 1 aromatic carbocycles. The maximum atomic E-state index is 13.7. The summed E-state index contributed by atoms with van der Waals surface area (Å²) in [7, 11) is -3.62. The summed E-state index contributed by atoms with van der Waals surface area (Å²) in [4.78, 5) is 3.61. The topological polar surface area (TPSA) is 47.0 Å². The van der Waals surface area contributed by atoms with Gasteiger partial charge >= 0.3 is 0 Å². The van der Waals surface area contributed by atoms with Crippen molar-refractivity contribution in [2.45, 2.75) is 11.8 Å². The molecule has 0 aliphatic heterocycles. The van der Waals surface area contributed by atoms with E-state index in [0.717, 1.165) is 12.3 Å². The van der Waals surface area contributed by atoms with Crippen molar-refractivity contribution >= 4 is 25.8 Å². The summed E-state index contributed by atoms with van der Waals surface area (Å²) in [6.07, 6.45) is 1.11. The lowest BCUT2D eigenvalue weighted by Gasteiger charge is -2.09. The molecule has 8 heteroatoms. The number of aromatic nitrogens is 1. The van der Waals surface area contributed by atoms with E-state index >= 15 is 0 Å². The predicted octanol–water partition coefficient (Wildman–Crippen LogP) is 3.72. The standard InChI is InChI=1S/C13H9BrF3NO2S/c1-2-21(19,20)11-3-7(6-18-13(11)14)12-9(16)4-8(15)5-10(12)17/h3-6H,2H2,1H3. The number of halogens is 4. The second-order valence-corrected chi connectivity index (χ2v) is 7.16. The van der Waals surface area contributed by atoms with E-state index in [1.165, 1.54) is 6.92 Å². The highest BCUT2D eigenvalue weighted by molar-refractivity contribution is 9.10. The Morgan fingerprint density at radius 3 is 2.24 bits per heavy atom. The molecule has 112 valence electrons. The van der Waals surface area contributed by atoms with Crippen molar-refractivity contribution in [2.24, 2.45) is 0 Å². The molecule has 1 heterocycles. The fraction of sp³-hybridized carbons (Fsp3) is 0.154. The van der Waals surface area contributed by atoms with Crippen LogP contribution in [-0.2, 0) is 9.84 Å². The molecule has 0 aliphatic rings. The van der Waals surface area contributed by atoms with E-state index in [9.17, 15) is 21.6 Å². The number of hydrogen-bond donors (Lipinski definition) is 0. The van der Waals surface area contributed by atoms with Crippen LogP contribution < -0.4 is 0 Å². The Balaban J connectivity index is 2.71. The van der Waals surface area contributed by atoms with Crippen molar-refractivity contribution in [3.05, 3.63) is 46.5 Å². The van der Waals surface area contributed by atoms with Crippen molar-refractivity contribution in [3.63, 3.8) is 0 Å². The van der Waals surface area contributed by atoms with E-state index in [2.05, 4.69) is 20.9 Å². The van der Waals surface area contributed by atoms with Gasteiger partial charge in [0.2, 0.25) is 0 Å². The Labute approximate surface area is 127 Å². The predicted molar refractivity (Wildman–Crippen MR) is 75.0 cm³/mol. The smallest absolute Gasteiger partial charge is 0.180 e. The molecule has 0 saturated heterocycles. The fourth-order valence-corrected chi connectivity index (χ4v) is 3.64. The largest absolute Gasteiger partial charge is 0.247 e. The Bertz CT molecular complexity index is 786. The Hall–Kier alpha value is -1.41. The summed E-state index contributed by atoms with van der Waals surface area (Å²) < 4.78 is 64.3. The monoisotopic (exact) mass is 379 g/mol. The Kier molecular flexibility index (Phi) is 4.38. The molecular weight excluding hydrogens is 371 g/mol. The number of pyridine rings is 1. The zero-order valence-corrected chi connectivity index (χ0v) is 13.1. The molecule has 0 bridgehead atoms. The average molecular weight is 380 g/mol. The quantitative estimate of drug-likeness (QED) is 0.763. The number of sulfone groups is 1. The molecule has 2 aromatic rings. The highest BCUT2D eigenvalue weighted by Gasteiger charge is 2.20. The third-order valence-corrected chi connectivity index (χ3v) is 5.45. The highest BCUT2D eigenvalue weighted by atomic mass is 79.9. The number of hydrogen-bond acceptors (Lipinski definition) is 3. The molecule has 0 N–H and O–H groups in total. The van der Waals surface area contributed by atoms with Crippen molar-refractivity contribution in [1.29, 1.82) is 0 Å². The second kappa shape index (κ2) is 5.76. The minimum Gasteiger partial charge on any atom is -0.247 e. The van der Waals surface area contributed by atoms with Crippen LogP contribution in [0.3, 0.4) is 0 Å². The first kappa shape index (κ1) is 16.0. The second-order valence-electron chi connectivity index (χ2n) is 4.16. The van der Waals surface area contributed by atoms with E-state index in [1.54, 1.807) is 0 Å². The van der Waals surface area contributed by atoms with Crippen LogP contribution in [-0.4, -0.2) is 19.2 Å². The lowest BCUT2D eigenvalue weighted by molar-refractivity contribution is 0.547. The summed E-state index contributed by atoms with van der Waals surface area (Å²) in [6.45, 7) is 1.44. The normalized spacial score (nSPS) is 11.7. The maximum absolute atomic E-state index is 13.7. The SMILES string of the molecule is CCS(=O)(=O)c1cc(-c2c(F)cc(F)cc2F)cnc1Br. The van der Waals surface area contributed by atoms with Crippen LogP contribution in [0.15, 0.2) is 33.9 Å². The van der Waals surface area contributed by atoms with Gasteiger partial charge in [0.1, 0.15) is 27.0 Å². The molecule has 0 saturated carbocycles. The molecule has 0 fully saturated rings. The summed E-state index contributed by atoms with van der Waals surface area (Å²) >= 11 is 2.99. The molecule has 3 nitrogen and oxygen atoms in total. The first-order chi connectivity index (χ1) is 9.76. The van der Waals surface area contributed by atoms with E-state index in [4.69, 9.17) is 0 Å². The third-order valence-electron chi connectivity index (χ3n) is 2.82. The summed E-state index contributed by atoms with van der Waals surface area (Å²) in [5.74, 6) is -3.50. The fourth-order valence-electron chi connectivity index (χ4n) is 1.76. The van der Waals surface area contributed by atoms with Gasteiger partial charge in [-0.3, -0.25) is 0 Å². The Morgan fingerprint density at radius 1 is 1.14 bits per heavy atom. The first-order valence-corrected chi connectivity index (χ1v) is 8.24. The summed E-state index contributed by atoms with van der Waals surface area (Å²) in [6, 6.07) is 2.15. The zero-order valence-electron chi connectivity index (χ0n) is 10.7. The van der Waals surface area contributed by atoms with Crippen LogP contribution in [0.4, 0.5) is 13.2 Å². The zero-order chi connectivity index (χ0) is 15.8. The van der Waals surface area contributed by atoms with Gasteiger partial charge in [-0.25, -0.2) is 26.6 Å². The van der Waals surface area contributed by atoms with Gasteiger partial charge < -0.3 is 0 Å².